The predicted molar refractivity (Wildman–Crippen MR) is 94.8 cm³/mol. The number of nitrogens with two attached hydrogens (primary N) is 1. The van der Waals surface area contributed by atoms with Crippen LogP contribution in [0.1, 0.15) is 38.5 Å². The van der Waals surface area contributed by atoms with Crippen LogP contribution in [0.4, 0.5) is 0 Å². The van der Waals surface area contributed by atoms with Gasteiger partial charge in [0.2, 0.25) is 0 Å². The number of ether oxygens (including phenoxy) is 1. The van der Waals surface area contributed by atoms with Gasteiger partial charge in [-0.1, -0.05) is 25.1 Å². The number of Topliss-reactive ketones (excluding diaryl/α,β-unsaturated/α-hetero) is 1. The number of rotatable bonds is 7. The van der Waals surface area contributed by atoms with Gasteiger partial charge in [-0.05, 0) is 6.42 Å². The zero-order valence-electron chi connectivity index (χ0n) is 14.3. The molecule has 1 aromatic heterocycles. The van der Waals surface area contributed by atoms with Gasteiger partial charge in [-0.3, -0.25) is 15.3 Å². The molecule has 136 valence electrons. The van der Waals surface area contributed by atoms with Gasteiger partial charge in [-0.15, -0.1) is 0 Å². The van der Waals surface area contributed by atoms with Crippen LogP contribution < -0.4 is 21.4 Å². The van der Waals surface area contributed by atoms with Crippen molar-refractivity contribution in [2.75, 3.05) is 12.9 Å². The number of nitrogens with zero attached hydrogens (tertiary/aromatic N) is 1. The predicted octanol–water partition coefficient (Wildman–Crippen LogP) is 0.995. The van der Waals surface area contributed by atoms with Crippen LogP contribution in [-0.2, 0) is 9.59 Å². The third-order valence-corrected chi connectivity index (χ3v) is 4.89. The van der Waals surface area contributed by atoms with Gasteiger partial charge in [0.25, 0.3) is 5.91 Å². The second-order valence-corrected chi connectivity index (χ2v) is 6.68. The maximum absolute atomic E-state index is 12.6. The van der Waals surface area contributed by atoms with Crippen LogP contribution in [0.3, 0.4) is 0 Å². The van der Waals surface area contributed by atoms with Gasteiger partial charge < -0.3 is 14.5 Å². The number of carbonyl (C=O) groups is 2. The number of amides is 1. The van der Waals surface area contributed by atoms with E-state index in [4.69, 9.17) is 14.9 Å². The highest BCUT2D eigenvalue weighted by molar-refractivity contribution is 8.16. The van der Waals surface area contributed by atoms with E-state index in [0.717, 1.165) is 18.2 Å². The second kappa shape index (κ2) is 7.83. The summed E-state index contributed by atoms with van der Waals surface area (Å²) in [6, 6.07) is 2.22. The molecule has 8 nitrogen and oxygen atoms in total. The maximum Gasteiger partial charge on any atom is 0.339 e. The molecule has 0 radical (unpaired) electrons. The summed E-state index contributed by atoms with van der Waals surface area (Å²) in [6.07, 6.45) is 1.27. The number of nitrogens with one attached hydrogen (secondary N) is 1. The molecule has 1 aliphatic rings. The molecule has 25 heavy (non-hydrogen) atoms. The number of thioether (sulfide) groups is 1. The molecule has 2 rings (SSSR count). The molecule has 2 heterocycles. The molecule has 0 saturated carbocycles. The first-order chi connectivity index (χ1) is 11.8. The van der Waals surface area contributed by atoms with Gasteiger partial charge >= 0.3 is 5.63 Å². The van der Waals surface area contributed by atoms with E-state index in [1.54, 1.807) is 6.07 Å². The van der Waals surface area contributed by atoms with E-state index >= 15 is 0 Å². The Morgan fingerprint density at radius 3 is 2.80 bits per heavy atom. The SMILES string of the molecule is CCC[C@H](NC(=O)[C@]1(N)CSC(C(C)=O)=N1)c1cc(OC)cc(=O)o1. The van der Waals surface area contributed by atoms with E-state index in [1.807, 2.05) is 6.92 Å². The third-order valence-electron chi connectivity index (χ3n) is 3.65. The van der Waals surface area contributed by atoms with Crippen molar-refractivity contribution < 1.29 is 18.7 Å². The number of hydrogen-bond acceptors (Lipinski definition) is 8. The molecule has 0 bridgehead atoms. The van der Waals surface area contributed by atoms with Crippen LogP contribution in [0.2, 0.25) is 0 Å². The molecule has 9 heteroatoms. The Morgan fingerprint density at radius 1 is 1.52 bits per heavy atom. The van der Waals surface area contributed by atoms with E-state index < -0.39 is 23.2 Å². The Bertz CT molecular complexity index is 760. The molecule has 0 spiro atoms. The Kier molecular flexibility index (Phi) is 6.02. The van der Waals surface area contributed by atoms with Gasteiger partial charge in [0.05, 0.1) is 19.2 Å². The highest BCUT2D eigenvalue weighted by Crippen LogP contribution is 2.27. The molecule has 2 atom stereocenters. The zero-order chi connectivity index (χ0) is 18.6. The van der Waals surface area contributed by atoms with E-state index in [2.05, 4.69) is 10.3 Å². The van der Waals surface area contributed by atoms with Gasteiger partial charge in [-0.2, -0.15) is 0 Å². The summed E-state index contributed by atoms with van der Waals surface area (Å²) in [5.74, 6) is 0.0467. The minimum atomic E-state index is -1.52. The minimum Gasteiger partial charge on any atom is -0.496 e. The van der Waals surface area contributed by atoms with Crippen molar-refractivity contribution in [3.05, 3.63) is 28.3 Å². The Morgan fingerprint density at radius 2 is 2.24 bits per heavy atom. The number of hydrogen-bond donors (Lipinski definition) is 2. The Balaban J connectivity index is 2.25. The fourth-order valence-corrected chi connectivity index (χ4v) is 3.32. The summed E-state index contributed by atoms with van der Waals surface area (Å²) in [4.78, 5) is 39.7. The van der Waals surface area contributed by atoms with Crippen LogP contribution in [-0.4, -0.2) is 35.3 Å². The lowest BCUT2D eigenvalue weighted by atomic mass is 10.1. The summed E-state index contributed by atoms with van der Waals surface area (Å²) in [7, 11) is 1.44. The quantitative estimate of drug-likeness (QED) is 0.736. The van der Waals surface area contributed by atoms with Crippen molar-refractivity contribution in [1.29, 1.82) is 0 Å². The number of ketones is 1. The van der Waals surface area contributed by atoms with Crippen molar-refractivity contribution in [2.45, 2.75) is 38.4 Å². The molecule has 0 unspecified atom stereocenters. The van der Waals surface area contributed by atoms with Crippen molar-refractivity contribution in [1.82, 2.24) is 5.32 Å². The van der Waals surface area contributed by atoms with Crippen LogP contribution in [0.25, 0.3) is 0 Å². The number of carbonyl (C=O) groups excluding carboxylic acids is 2. The van der Waals surface area contributed by atoms with Crippen LogP contribution in [0.15, 0.2) is 26.3 Å². The normalized spacial score (nSPS) is 20.7. The molecule has 0 aliphatic carbocycles. The lowest BCUT2D eigenvalue weighted by Crippen LogP contribution is -2.54. The fourth-order valence-electron chi connectivity index (χ4n) is 2.34. The minimum absolute atomic E-state index is 0.175. The molecule has 0 saturated heterocycles. The van der Waals surface area contributed by atoms with Gasteiger partial charge in [0.1, 0.15) is 16.6 Å². The summed E-state index contributed by atoms with van der Waals surface area (Å²) >= 11 is 1.15. The summed E-state index contributed by atoms with van der Waals surface area (Å²) in [6.45, 7) is 3.31. The number of aliphatic imine (C=N–C) groups is 1. The molecule has 1 amide bonds. The van der Waals surface area contributed by atoms with Gasteiger partial charge in [0, 0.05) is 18.7 Å². The monoisotopic (exact) mass is 367 g/mol. The van der Waals surface area contributed by atoms with Crippen molar-refractivity contribution in [2.24, 2.45) is 10.7 Å². The lowest BCUT2D eigenvalue weighted by molar-refractivity contribution is -0.126. The van der Waals surface area contributed by atoms with E-state index in [9.17, 15) is 14.4 Å². The van der Waals surface area contributed by atoms with Gasteiger partial charge in [0.15, 0.2) is 11.4 Å². The first kappa shape index (κ1) is 19.2. The van der Waals surface area contributed by atoms with Crippen molar-refractivity contribution >= 4 is 28.5 Å². The average Bonchev–Trinajstić information content (AvgIpc) is 2.98. The lowest BCUT2D eigenvalue weighted by Gasteiger charge is -2.23. The maximum atomic E-state index is 12.6. The molecule has 1 aromatic rings. The molecule has 3 N–H and O–H groups in total. The van der Waals surface area contributed by atoms with E-state index in [1.165, 1.54) is 20.1 Å². The van der Waals surface area contributed by atoms with Crippen LogP contribution in [0, 0.1) is 0 Å². The van der Waals surface area contributed by atoms with E-state index in [-0.39, 0.29) is 22.3 Å². The van der Waals surface area contributed by atoms with Crippen LogP contribution in [0.5, 0.6) is 5.75 Å². The van der Waals surface area contributed by atoms with Crippen molar-refractivity contribution in [3.63, 3.8) is 0 Å². The zero-order valence-corrected chi connectivity index (χ0v) is 15.1. The topological polar surface area (TPSA) is 124 Å². The molecule has 0 fully saturated rings. The largest absolute Gasteiger partial charge is 0.496 e. The standard InChI is InChI=1S/C16H21N3O5S/c1-4-5-11(12-6-10(23-3)7-13(21)24-12)18-15(22)16(17)8-25-14(19-16)9(2)20/h6-7,11H,4-5,8,17H2,1-3H3,(H,18,22)/t11-,16-/m0/s1. The first-order valence-electron chi connectivity index (χ1n) is 7.81. The van der Waals surface area contributed by atoms with E-state index in [0.29, 0.717) is 12.2 Å². The fraction of sp³-hybridized carbons (Fsp3) is 0.500. The summed E-state index contributed by atoms with van der Waals surface area (Å²) in [5, 5.41) is 3.00. The summed E-state index contributed by atoms with van der Waals surface area (Å²) in [5.41, 5.74) is 3.96. The first-order valence-corrected chi connectivity index (χ1v) is 8.80. The Hall–Kier alpha value is -2.13. The second-order valence-electron chi connectivity index (χ2n) is 5.72. The van der Waals surface area contributed by atoms with Gasteiger partial charge in [-0.25, -0.2) is 9.79 Å². The van der Waals surface area contributed by atoms with Crippen LogP contribution >= 0.6 is 11.8 Å². The molecule has 0 aromatic carbocycles. The highest BCUT2D eigenvalue weighted by Gasteiger charge is 2.41. The summed E-state index contributed by atoms with van der Waals surface area (Å²) < 4.78 is 10.3. The average molecular weight is 367 g/mol. The third kappa shape index (κ3) is 4.49. The molecule has 1 aliphatic heterocycles. The smallest absolute Gasteiger partial charge is 0.339 e. The molecular weight excluding hydrogens is 346 g/mol. The molecular formula is C16H21N3O5S. The highest BCUT2D eigenvalue weighted by atomic mass is 32.2. The van der Waals surface area contributed by atoms with Crippen molar-refractivity contribution in [3.8, 4) is 5.75 Å². The Labute approximate surface area is 149 Å². The number of methoxy groups -OCH3 is 1.